The molecule has 0 saturated heterocycles. The van der Waals surface area contributed by atoms with Gasteiger partial charge in [-0.25, -0.2) is 4.98 Å². The lowest BCUT2D eigenvalue weighted by atomic mass is 10.0. The fraction of sp³-hybridized carbons (Fsp3) is 0.238. The van der Waals surface area contributed by atoms with Gasteiger partial charge in [0.05, 0.1) is 12.8 Å². The van der Waals surface area contributed by atoms with E-state index < -0.39 is 0 Å². The van der Waals surface area contributed by atoms with Crippen LogP contribution in [0, 0.1) is 0 Å². The largest absolute Gasteiger partial charge is 0.497 e. The van der Waals surface area contributed by atoms with Crippen molar-refractivity contribution in [1.29, 1.82) is 0 Å². The van der Waals surface area contributed by atoms with Gasteiger partial charge in [-0.2, -0.15) is 0 Å². The zero-order valence-electron chi connectivity index (χ0n) is 15.0. The van der Waals surface area contributed by atoms with E-state index in [1.165, 1.54) is 5.56 Å². The third-order valence-electron chi connectivity index (χ3n) is 4.84. The molecule has 1 aromatic heterocycles. The van der Waals surface area contributed by atoms with E-state index in [0.717, 1.165) is 35.7 Å². The average molecular weight is 382 g/mol. The van der Waals surface area contributed by atoms with Crippen LogP contribution in [-0.2, 0) is 19.5 Å². The summed E-state index contributed by atoms with van der Waals surface area (Å²) in [5.41, 5.74) is 3.66. The maximum atomic E-state index is 12.5. The third-order valence-corrected chi connectivity index (χ3v) is 5.09. The minimum atomic E-state index is -0.0472. The molecule has 0 saturated carbocycles. The lowest BCUT2D eigenvalue weighted by molar-refractivity contribution is 0.240. The summed E-state index contributed by atoms with van der Waals surface area (Å²) in [7, 11) is 1.66. The summed E-state index contributed by atoms with van der Waals surface area (Å²) in [5, 5.41) is 0.657. The van der Waals surface area contributed by atoms with Crippen molar-refractivity contribution in [2.24, 2.45) is 0 Å². The van der Waals surface area contributed by atoms with Crippen molar-refractivity contribution in [3.05, 3.63) is 80.7 Å². The van der Waals surface area contributed by atoms with E-state index in [-0.39, 0.29) is 5.56 Å². The standard InChI is InChI=1S/C21H20ClN3O2/c1-27-17-8-2-14(3-9-17)12-25-11-10-18-19(13-25)23-20(24-21(18)26)15-4-6-16(22)7-5-15/h2-9H,10-13H2,1H3,(H,23,24,26). The lowest BCUT2D eigenvalue weighted by Gasteiger charge is -2.27. The van der Waals surface area contributed by atoms with E-state index in [1.807, 2.05) is 24.3 Å². The van der Waals surface area contributed by atoms with E-state index in [1.54, 1.807) is 19.2 Å². The quantitative estimate of drug-likeness (QED) is 0.749. The van der Waals surface area contributed by atoms with E-state index in [2.05, 4.69) is 22.0 Å². The predicted octanol–water partition coefficient (Wildman–Crippen LogP) is 3.66. The summed E-state index contributed by atoms with van der Waals surface area (Å²) < 4.78 is 5.21. The molecule has 4 rings (SSSR count). The number of hydrogen-bond donors (Lipinski definition) is 1. The van der Waals surface area contributed by atoms with Crippen molar-refractivity contribution in [3.63, 3.8) is 0 Å². The Balaban J connectivity index is 1.57. The molecule has 0 spiro atoms. The summed E-state index contributed by atoms with van der Waals surface area (Å²) in [6, 6.07) is 15.4. The predicted molar refractivity (Wildman–Crippen MR) is 106 cm³/mol. The fourth-order valence-electron chi connectivity index (χ4n) is 3.36. The molecular weight excluding hydrogens is 362 g/mol. The number of rotatable bonds is 4. The first-order valence-corrected chi connectivity index (χ1v) is 9.23. The van der Waals surface area contributed by atoms with Crippen LogP contribution in [0.25, 0.3) is 11.4 Å². The molecule has 0 unspecified atom stereocenters. The Morgan fingerprint density at radius 1 is 1.15 bits per heavy atom. The first-order valence-electron chi connectivity index (χ1n) is 8.85. The van der Waals surface area contributed by atoms with Crippen molar-refractivity contribution in [1.82, 2.24) is 14.9 Å². The lowest BCUT2D eigenvalue weighted by Crippen LogP contribution is -2.35. The maximum Gasteiger partial charge on any atom is 0.254 e. The van der Waals surface area contributed by atoms with Gasteiger partial charge < -0.3 is 9.72 Å². The van der Waals surface area contributed by atoms with Gasteiger partial charge in [-0.3, -0.25) is 9.69 Å². The number of halogens is 1. The van der Waals surface area contributed by atoms with Gasteiger partial charge in [-0.05, 0) is 48.4 Å². The molecule has 1 N–H and O–H groups in total. The number of fused-ring (bicyclic) bond motifs is 1. The highest BCUT2D eigenvalue weighted by molar-refractivity contribution is 6.30. The van der Waals surface area contributed by atoms with Crippen LogP contribution >= 0.6 is 11.6 Å². The molecule has 0 bridgehead atoms. The Hall–Kier alpha value is -2.63. The number of nitrogens with zero attached hydrogens (tertiary/aromatic N) is 2. The zero-order valence-corrected chi connectivity index (χ0v) is 15.8. The Morgan fingerprint density at radius 3 is 2.59 bits per heavy atom. The Labute approximate surface area is 162 Å². The number of methoxy groups -OCH3 is 1. The summed E-state index contributed by atoms with van der Waals surface area (Å²) >= 11 is 5.95. The van der Waals surface area contributed by atoms with Crippen LogP contribution in [0.4, 0.5) is 0 Å². The molecule has 3 aromatic rings. The molecule has 0 aliphatic carbocycles. The van der Waals surface area contributed by atoms with Gasteiger partial charge in [0.2, 0.25) is 0 Å². The molecule has 1 aliphatic heterocycles. The van der Waals surface area contributed by atoms with Gasteiger partial charge in [0, 0.05) is 35.8 Å². The van der Waals surface area contributed by atoms with Crippen molar-refractivity contribution in [2.75, 3.05) is 13.7 Å². The molecule has 0 amide bonds. The number of hydrogen-bond acceptors (Lipinski definition) is 4. The van der Waals surface area contributed by atoms with Gasteiger partial charge in [0.1, 0.15) is 11.6 Å². The topological polar surface area (TPSA) is 58.2 Å². The molecule has 0 fully saturated rings. The average Bonchev–Trinajstić information content (AvgIpc) is 2.69. The van der Waals surface area contributed by atoms with E-state index in [0.29, 0.717) is 23.8 Å². The van der Waals surface area contributed by atoms with Crippen LogP contribution in [0.3, 0.4) is 0 Å². The molecule has 5 nitrogen and oxygen atoms in total. The molecule has 6 heteroatoms. The summed E-state index contributed by atoms with van der Waals surface area (Å²) in [5.74, 6) is 1.44. The first-order chi connectivity index (χ1) is 13.1. The molecular formula is C21H20ClN3O2. The van der Waals surface area contributed by atoms with Gasteiger partial charge in [-0.15, -0.1) is 0 Å². The molecule has 27 heavy (non-hydrogen) atoms. The van der Waals surface area contributed by atoms with Crippen LogP contribution in [0.1, 0.15) is 16.8 Å². The Morgan fingerprint density at radius 2 is 1.89 bits per heavy atom. The highest BCUT2D eigenvalue weighted by atomic mass is 35.5. The van der Waals surface area contributed by atoms with Crippen LogP contribution in [0.5, 0.6) is 5.75 Å². The molecule has 0 radical (unpaired) electrons. The minimum Gasteiger partial charge on any atom is -0.497 e. The monoisotopic (exact) mass is 381 g/mol. The molecule has 1 aliphatic rings. The number of nitrogens with one attached hydrogen (secondary N) is 1. The normalized spacial score (nSPS) is 14.0. The SMILES string of the molecule is COc1ccc(CN2CCc3c(nc(-c4ccc(Cl)cc4)[nH]c3=O)C2)cc1. The minimum absolute atomic E-state index is 0.0472. The maximum absolute atomic E-state index is 12.5. The highest BCUT2D eigenvalue weighted by Gasteiger charge is 2.21. The number of ether oxygens (including phenoxy) is 1. The van der Waals surface area contributed by atoms with Crippen LogP contribution < -0.4 is 10.3 Å². The fourth-order valence-corrected chi connectivity index (χ4v) is 3.49. The summed E-state index contributed by atoms with van der Waals surface area (Å²) in [6.45, 7) is 2.31. The second-order valence-corrected chi connectivity index (χ2v) is 7.09. The highest BCUT2D eigenvalue weighted by Crippen LogP contribution is 2.22. The number of benzene rings is 2. The molecule has 138 valence electrons. The van der Waals surface area contributed by atoms with Crippen molar-refractivity contribution in [3.8, 4) is 17.1 Å². The van der Waals surface area contributed by atoms with Gasteiger partial charge in [0.15, 0.2) is 0 Å². The molecule has 2 heterocycles. The van der Waals surface area contributed by atoms with Crippen molar-refractivity contribution >= 4 is 11.6 Å². The molecule has 0 atom stereocenters. The van der Waals surface area contributed by atoms with Gasteiger partial charge >= 0.3 is 0 Å². The van der Waals surface area contributed by atoms with Crippen LogP contribution in [0.15, 0.2) is 53.3 Å². The van der Waals surface area contributed by atoms with E-state index in [9.17, 15) is 4.79 Å². The summed E-state index contributed by atoms with van der Waals surface area (Å²) in [4.78, 5) is 22.5. The smallest absolute Gasteiger partial charge is 0.254 e. The number of aromatic nitrogens is 2. The van der Waals surface area contributed by atoms with Gasteiger partial charge in [-0.1, -0.05) is 23.7 Å². The first kappa shape index (κ1) is 17.8. The zero-order chi connectivity index (χ0) is 18.8. The van der Waals surface area contributed by atoms with Gasteiger partial charge in [0.25, 0.3) is 5.56 Å². The third kappa shape index (κ3) is 3.89. The van der Waals surface area contributed by atoms with Crippen LogP contribution in [0.2, 0.25) is 5.02 Å². The second-order valence-electron chi connectivity index (χ2n) is 6.66. The number of H-pyrrole nitrogens is 1. The second kappa shape index (κ2) is 7.55. The van der Waals surface area contributed by atoms with E-state index in [4.69, 9.17) is 21.3 Å². The van der Waals surface area contributed by atoms with Crippen LogP contribution in [-0.4, -0.2) is 28.5 Å². The number of aromatic amines is 1. The summed E-state index contributed by atoms with van der Waals surface area (Å²) in [6.07, 6.45) is 0.703. The molecule has 2 aromatic carbocycles. The van der Waals surface area contributed by atoms with E-state index >= 15 is 0 Å². The Bertz CT molecular complexity index is 997. The van der Waals surface area contributed by atoms with Crippen molar-refractivity contribution in [2.45, 2.75) is 19.5 Å². The van der Waals surface area contributed by atoms with Crippen molar-refractivity contribution < 1.29 is 4.74 Å². The Kier molecular flexibility index (Phi) is 4.97.